The molecule has 2 heterocycles. The SMILES string of the molecule is O=C(NCC1[C@H]2CN(C(=O)OCc3cc(Cl)cc(Cl)c3)C[C@@H]12)c1ccc2[nH]c(=O)oc2c1. The lowest BCUT2D eigenvalue weighted by molar-refractivity contribution is 0.0931. The maximum absolute atomic E-state index is 12.4. The van der Waals surface area contributed by atoms with Crippen molar-refractivity contribution in [3.63, 3.8) is 0 Å². The summed E-state index contributed by atoms with van der Waals surface area (Å²) in [6.07, 6.45) is -0.364. The molecular weight excluding hydrogens is 457 g/mol. The Bertz CT molecular complexity index is 1240. The van der Waals surface area contributed by atoms with Gasteiger partial charge < -0.3 is 19.4 Å². The van der Waals surface area contributed by atoms with Crippen LogP contribution >= 0.6 is 23.2 Å². The van der Waals surface area contributed by atoms with Crippen molar-refractivity contribution >= 4 is 46.3 Å². The monoisotopic (exact) mass is 475 g/mol. The van der Waals surface area contributed by atoms with Crippen LogP contribution in [0.4, 0.5) is 4.79 Å². The summed E-state index contributed by atoms with van der Waals surface area (Å²) >= 11 is 11.9. The number of benzene rings is 2. The highest BCUT2D eigenvalue weighted by molar-refractivity contribution is 6.34. The number of aromatic amines is 1. The molecule has 3 aromatic rings. The van der Waals surface area contributed by atoms with Crippen LogP contribution in [0.1, 0.15) is 15.9 Å². The summed E-state index contributed by atoms with van der Waals surface area (Å²) in [7, 11) is 0. The van der Waals surface area contributed by atoms with E-state index in [1.165, 1.54) is 0 Å². The van der Waals surface area contributed by atoms with Gasteiger partial charge in [0, 0.05) is 35.2 Å². The minimum Gasteiger partial charge on any atom is -0.445 e. The third-order valence-electron chi connectivity index (χ3n) is 6.10. The average molecular weight is 476 g/mol. The Morgan fingerprint density at radius 1 is 1.12 bits per heavy atom. The summed E-state index contributed by atoms with van der Waals surface area (Å²) in [6.45, 7) is 1.87. The number of H-pyrrole nitrogens is 1. The van der Waals surface area contributed by atoms with Crippen molar-refractivity contribution < 1.29 is 18.7 Å². The number of oxazole rings is 1. The normalized spacial score (nSPS) is 21.4. The lowest BCUT2D eigenvalue weighted by Gasteiger charge is -2.19. The number of hydrogen-bond acceptors (Lipinski definition) is 5. The molecule has 1 unspecified atom stereocenters. The lowest BCUT2D eigenvalue weighted by Crippen LogP contribution is -2.34. The zero-order valence-electron chi connectivity index (χ0n) is 16.8. The topological polar surface area (TPSA) is 105 Å². The zero-order valence-corrected chi connectivity index (χ0v) is 18.3. The lowest BCUT2D eigenvalue weighted by atomic mass is 10.2. The number of likely N-dealkylation sites (tertiary alicyclic amines) is 1. The minimum atomic E-state index is -0.553. The van der Waals surface area contributed by atoms with Gasteiger partial charge in [0.2, 0.25) is 0 Å². The maximum atomic E-state index is 12.4. The van der Waals surface area contributed by atoms with Crippen LogP contribution in [-0.2, 0) is 11.3 Å². The molecule has 1 aliphatic carbocycles. The molecule has 1 aliphatic heterocycles. The molecule has 1 saturated heterocycles. The van der Waals surface area contributed by atoms with Gasteiger partial charge >= 0.3 is 11.8 Å². The average Bonchev–Trinajstić information content (AvgIpc) is 3.06. The van der Waals surface area contributed by atoms with Crippen LogP contribution in [-0.4, -0.2) is 41.5 Å². The van der Waals surface area contributed by atoms with Gasteiger partial charge in [-0.3, -0.25) is 9.78 Å². The number of ether oxygens (including phenoxy) is 1. The van der Waals surface area contributed by atoms with Crippen molar-refractivity contribution in [2.24, 2.45) is 17.8 Å². The third kappa shape index (κ3) is 4.20. The van der Waals surface area contributed by atoms with Crippen LogP contribution in [0.25, 0.3) is 11.1 Å². The minimum absolute atomic E-state index is 0.107. The number of aromatic nitrogens is 1. The molecule has 8 nitrogen and oxygen atoms in total. The van der Waals surface area contributed by atoms with E-state index >= 15 is 0 Å². The molecule has 3 atom stereocenters. The molecule has 0 spiro atoms. The molecule has 10 heteroatoms. The number of halogens is 2. The van der Waals surface area contributed by atoms with E-state index in [9.17, 15) is 14.4 Å². The molecule has 2 amide bonds. The highest BCUT2D eigenvalue weighted by atomic mass is 35.5. The molecule has 2 aromatic carbocycles. The Morgan fingerprint density at radius 3 is 2.56 bits per heavy atom. The van der Waals surface area contributed by atoms with Gasteiger partial charge in [-0.25, -0.2) is 9.59 Å². The summed E-state index contributed by atoms with van der Waals surface area (Å²) in [5, 5.41) is 3.92. The van der Waals surface area contributed by atoms with E-state index in [0.717, 1.165) is 5.56 Å². The first-order valence-corrected chi connectivity index (χ1v) is 10.9. The summed E-state index contributed by atoms with van der Waals surface area (Å²) in [5.41, 5.74) is 2.06. The van der Waals surface area contributed by atoms with Crippen molar-refractivity contribution in [3.05, 3.63) is 68.1 Å². The second kappa shape index (κ2) is 8.18. The van der Waals surface area contributed by atoms with Gasteiger partial charge in [-0.15, -0.1) is 0 Å². The molecule has 0 radical (unpaired) electrons. The molecule has 2 fully saturated rings. The van der Waals surface area contributed by atoms with E-state index in [0.29, 0.717) is 64.1 Å². The van der Waals surface area contributed by atoms with E-state index < -0.39 is 5.76 Å². The Labute approximate surface area is 192 Å². The second-order valence-corrected chi connectivity index (χ2v) is 9.04. The van der Waals surface area contributed by atoms with Gasteiger partial charge in [-0.05, 0) is 59.7 Å². The standard InChI is InChI=1S/C22H19Cl2N3O5/c23-13-3-11(4-14(24)6-13)10-31-22(30)27-8-16-15(17(16)9-27)7-25-20(28)12-1-2-18-19(5-12)32-21(29)26-18/h1-6,15-17H,7-10H2,(H,25,28)(H,26,29)/t15?,16-,17+. The Morgan fingerprint density at radius 2 is 1.84 bits per heavy atom. The Kier molecular flexibility index (Phi) is 5.35. The molecule has 166 valence electrons. The number of amides is 2. The predicted octanol–water partition coefficient (Wildman–Crippen LogP) is 3.67. The van der Waals surface area contributed by atoms with Crippen molar-refractivity contribution in [2.75, 3.05) is 19.6 Å². The van der Waals surface area contributed by atoms with Crippen LogP contribution in [0.15, 0.2) is 45.6 Å². The third-order valence-corrected chi connectivity index (χ3v) is 6.53. The molecular formula is C22H19Cl2N3O5. The summed E-state index contributed by atoms with van der Waals surface area (Å²) < 4.78 is 10.4. The van der Waals surface area contributed by atoms with Crippen LogP contribution in [0.3, 0.4) is 0 Å². The fourth-order valence-electron chi connectivity index (χ4n) is 4.43. The largest absolute Gasteiger partial charge is 0.445 e. The fraction of sp³-hybridized carbons (Fsp3) is 0.318. The number of carbonyl (C=O) groups excluding carboxylic acids is 2. The smallest absolute Gasteiger partial charge is 0.417 e. The molecule has 32 heavy (non-hydrogen) atoms. The van der Waals surface area contributed by atoms with Crippen molar-refractivity contribution in [2.45, 2.75) is 6.61 Å². The molecule has 5 rings (SSSR count). The van der Waals surface area contributed by atoms with Crippen molar-refractivity contribution in [1.29, 1.82) is 0 Å². The van der Waals surface area contributed by atoms with Crippen LogP contribution in [0.2, 0.25) is 10.0 Å². The maximum Gasteiger partial charge on any atom is 0.417 e. The number of nitrogens with one attached hydrogen (secondary N) is 2. The number of fused-ring (bicyclic) bond motifs is 2. The first-order valence-electron chi connectivity index (χ1n) is 10.1. The Hall–Kier alpha value is -2.97. The van der Waals surface area contributed by atoms with Gasteiger partial charge in [-0.2, -0.15) is 0 Å². The first-order chi connectivity index (χ1) is 15.4. The van der Waals surface area contributed by atoms with Gasteiger partial charge in [0.1, 0.15) is 6.61 Å². The summed E-state index contributed by atoms with van der Waals surface area (Å²) in [5.74, 6) is 0.269. The number of nitrogens with zero attached hydrogens (tertiary/aromatic N) is 1. The number of carbonyl (C=O) groups is 2. The highest BCUT2D eigenvalue weighted by Gasteiger charge is 2.56. The summed E-state index contributed by atoms with van der Waals surface area (Å²) in [6, 6.07) is 9.87. The van der Waals surface area contributed by atoms with Crippen LogP contribution < -0.4 is 11.1 Å². The number of piperidine rings is 1. The van der Waals surface area contributed by atoms with E-state index in [1.807, 2.05) is 0 Å². The van der Waals surface area contributed by atoms with E-state index in [-0.39, 0.29) is 18.6 Å². The van der Waals surface area contributed by atoms with Crippen molar-refractivity contribution in [1.82, 2.24) is 15.2 Å². The zero-order chi connectivity index (χ0) is 22.4. The molecule has 2 N–H and O–H groups in total. The number of rotatable bonds is 5. The van der Waals surface area contributed by atoms with Crippen LogP contribution in [0, 0.1) is 17.8 Å². The first kappa shape index (κ1) is 20.9. The van der Waals surface area contributed by atoms with Gasteiger partial charge in [0.15, 0.2) is 5.58 Å². The van der Waals surface area contributed by atoms with Gasteiger partial charge in [0.05, 0.1) is 5.52 Å². The molecule has 1 aromatic heterocycles. The van der Waals surface area contributed by atoms with Gasteiger partial charge in [-0.1, -0.05) is 23.2 Å². The second-order valence-electron chi connectivity index (χ2n) is 8.16. The van der Waals surface area contributed by atoms with E-state index in [2.05, 4.69) is 10.3 Å². The van der Waals surface area contributed by atoms with Crippen molar-refractivity contribution in [3.8, 4) is 0 Å². The fourth-order valence-corrected chi connectivity index (χ4v) is 5.00. The molecule has 1 saturated carbocycles. The number of hydrogen-bond donors (Lipinski definition) is 2. The van der Waals surface area contributed by atoms with Gasteiger partial charge in [0.25, 0.3) is 5.91 Å². The van der Waals surface area contributed by atoms with Crippen LogP contribution in [0.5, 0.6) is 0 Å². The van der Waals surface area contributed by atoms with E-state index in [1.54, 1.807) is 41.3 Å². The Balaban J connectivity index is 1.08. The quantitative estimate of drug-likeness (QED) is 0.585. The summed E-state index contributed by atoms with van der Waals surface area (Å²) in [4.78, 5) is 40.3. The highest BCUT2D eigenvalue weighted by Crippen LogP contribution is 2.51. The molecule has 0 bridgehead atoms. The predicted molar refractivity (Wildman–Crippen MR) is 118 cm³/mol. The van der Waals surface area contributed by atoms with E-state index in [4.69, 9.17) is 32.4 Å². The molecule has 2 aliphatic rings.